The molecule has 0 atom stereocenters. The first kappa shape index (κ1) is 12.0. The molecule has 6 heteroatoms. The van der Waals surface area contributed by atoms with Crippen LogP contribution in [0.25, 0.3) is 5.78 Å². The van der Waals surface area contributed by atoms with Gasteiger partial charge in [-0.3, -0.25) is 9.30 Å². The van der Waals surface area contributed by atoms with E-state index in [9.17, 15) is 0 Å². The molecule has 2 heterocycles. The van der Waals surface area contributed by atoms with E-state index in [1.165, 1.54) is 0 Å². The Balaban J connectivity index is 2.10. The molecule has 92 valence electrons. The molecule has 0 bridgehead atoms. The molecule has 0 unspecified atom stereocenters. The predicted molar refractivity (Wildman–Crippen MR) is 64.4 cm³/mol. The van der Waals surface area contributed by atoms with Crippen molar-refractivity contribution in [1.29, 1.82) is 0 Å². The number of aromatic nitrogens is 3. The Hall–Kier alpha value is -1.50. The molecule has 0 aliphatic carbocycles. The average Bonchev–Trinajstić information content (AvgIpc) is 2.71. The maximum atomic E-state index is 8.96. The predicted octanol–water partition coefficient (Wildman–Crippen LogP) is -0.518. The summed E-state index contributed by atoms with van der Waals surface area (Å²) in [5, 5.41) is 8.96. The highest BCUT2D eigenvalue weighted by Gasteiger charge is 2.08. The molecule has 0 spiro atoms. The van der Waals surface area contributed by atoms with Crippen molar-refractivity contribution in [1.82, 2.24) is 19.3 Å². The third-order valence-electron chi connectivity index (χ3n) is 2.53. The van der Waals surface area contributed by atoms with Crippen LogP contribution in [0.1, 0.15) is 5.69 Å². The first-order chi connectivity index (χ1) is 8.33. The summed E-state index contributed by atoms with van der Waals surface area (Å²) in [5.74, 6) is 0.694. The number of imidazole rings is 1. The largest absolute Gasteiger partial charge is 0.395 e. The van der Waals surface area contributed by atoms with Gasteiger partial charge in [-0.25, -0.2) is 9.97 Å². The van der Waals surface area contributed by atoms with Crippen LogP contribution in [-0.2, 0) is 6.54 Å². The number of hydrogen-bond donors (Lipinski definition) is 2. The van der Waals surface area contributed by atoms with Crippen LogP contribution in [0.3, 0.4) is 0 Å². The molecule has 0 radical (unpaired) electrons. The number of nitrogens with two attached hydrogens (primary N) is 1. The molecule has 0 fully saturated rings. The van der Waals surface area contributed by atoms with E-state index in [4.69, 9.17) is 10.8 Å². The van der Waals surface area contributed by atoms with Gasteiger partial charge in [-0.05, 0) is 6.07 Å². The Morgan fingerprint density at radius 1 is 1.41 bits per heavy atom. The van der Waals surface area contributed by atoms with Crippen LogP contribution in [0.4, 0.5) is 0 Å². The lowest BCUT2D eigenvalue weighted by Crippen LogP contribution is -2.31. The molecule has 0 saturated carbocycles. The summed E-state index contributed by atoms with van der Waals surface area (Å²) in [6.07, 6.45) is 5.58. The number of fused-ring (bicyclic) bond motifs is 1. The van der Waals surface area contributed by atoms with Gasteiger partial charge in [-0.15, -0.1) is 0 Å². The Labute approximate surface area is 99.7 Å². The van der Waals surface area contributed by atoms with Crippen LogP contribution in [0.2, 0.25) is 0 Å². The molecular weight excluding hydrogens is 218 g/mol. The number of aliphatic hydroxyl groups is 1. The van der Waals surface area contributed by atoms with Gasteiger partial charge in [0.2, 0.25) is 5.78 Å². The SMILES string of the molecule is NCCN(CCO)Cc1cn2cccnc2n1. The summed E-state index contributed by atoms with van der Waals surface area (Å²) in [7, 11) is 0. The zero-order valence-corrected chi connectivity index (χ0v) is 9.66. The van der Waals surface area contributed by atoms with Gasteiger partial charge in [0.05, 0.1) is 12.3 Å². The lowest BCUT2D eigenvalue weighted by atomic mass is 10.4. The highest BCUT2D eigenvalue weighted by atomic mass is 16.3. The van der Waals surface area contributed by atoms with Gasteiger partial charge in [0.15, 0.2) is 0 Å². The van der Waals surface area contributed by atoms with E-state index in [2.05, 4.69) is 14.9 Å². The van der Waals surface area contributed by atoms with Crippen molar-refractivity contribution in [3.63, 3.8) is 0 Å². The van der Waals surface area contributed by atoms with Crippen molar-refractivity contribution in [2.24, 2.45) is 5.73 Å². The molecule has 17 heavy (non-hydrogen) atoms. The van der Waals surface area contributed by atoms with Gasteiger partial charge in [0.1, 0.15) is 0 Å². The van der Waals surface area contributed by atoms with E-state index < -0.39 is 0 Å². The molecule has 0 aliphatic rings. The Kier molecular flexibility index (Phi) is 4.03. The fraction of sp³-hybridized carbons (Fsp3) is 0.455. The summed E-state index contributed by atoms with van der Waals surface area (Å²) in [6, 6.07) is 1.86. The number of hydrogen-bond acceptors (Lipinski definition) is 5. The highest BCUT2D eigenvalue weighted by Crippen LogP contribution is 2.05. The summed E-state index contributed by atoms with van der Waals surface area (Å²) in [6.45, 7) is 2.75. The van der Waals surface area contributed by atoms with Crippen LogP contribution in [0.5, 0.6) is 0 Å². The second-order valence-corrected chi connectivity index (χ2v) is 3.85. The summed E-state index contributed by atoms with van der Waals surface area (Å²) < 4.78 is 1.88. The van der Waals surface area contributed by atoms with Crippen molar-refractivity contribution in [3.05, 3.63) is 30.4 Å². The van der Waals surface area contributed by atoms with Gasteiger partial charge >= 0.3 is 0 Å². The standard InChI is InChI=1S/C11H17N5O/c12-2-5-15(6-7-17)8-10-9-16-4-1-3-13-11(16)14-10/h1,3-4,9,17H,2,5-8,12H2. The van der Waals surface area contributed by atoms with Crippen molar-refractivity contribution >= 4 is 5.78 Å². The van der Waals surface area contributed by atoms with Crippen molar-refractivity contribution < 1.29 is 5.11 Å². The molecular formula is C11H17N5O. The zero-order valence-electron chi connectivity index (χ0n) is 9.66. The van der Waals surface area contributed by atoms with E-state index in [-0.39, 0.29) is 6.61 Å². The van der Waals surface area contributed by atoms with Crippen LogP contribution in [0.15, 0.2) is 24.7 Å². The molecule has 0 aliphatic heterocycles. The van der Waals surface area contributed by atoms with Crippen LogP contribution in [0, 0.1) is 0 Å². The summed E-state index contributed by atoms with van der Waals surface area (Å²) >= 11 is 0. The molecule has 2 aromatic heterocycles. The molecule has 0 aromatic carbocycles. The zero-order chi connectivity index (χ0) is 12.1. The van der Waals surface area contributed by atoms with Gasteiger partial charge < -0.3 is 10.8 Å². The van der Waals surface area contributed by atoms with E-state index in [1.54, 1.807) is 6.20 Å². The van der Waals surface area contributed by atoms with E-state index in [0.717, 1.165) is 12.2 Å². The maximum absolute atomic E-state index is 8.96. The Morgan fingerprint density at radius 3 is 3.00 bits per heavy atom. The van der Waals surface area contributed by atoms with E-state index in [1.807, 2.05) is 22.9 Å². The fourth-order valence-electron chi connectivity index (χ4n) is 1.78. The third-order valence-corrected chi connectivity index (χ3v) is 2.53. The summed E-state index contributed by atoms with van der Waals surface area (Å²) in [5.41, 5.74) is 6.46. The number of rotatable bonds is 6. The first-order valence-corrected chi connectivity index (χ1v) is 5.65. The minimum atomic E-state index is 0.131. The molecule has 0 amide bonds. The minimum Gasteiger partial charge on any atom is -0.395 e. The van der Waals surface area contributed by atoms with E-state index in [0.29, 0.717) is 25.4 Å². The Morgan fingerprint density at radius 2 is 2.29 bits per heavy atom. The quantitative estimate of drug-likeness (QED) is 0.704. The molecule has 2 aromatic rings. The monoisotopic (exact) mass is 235 g/mol. The van der Waals surface area contributed by atoms with Gasteiger partial charge in [0, 0.05) is 44.8 Å². The maximum Gasteiger partial charge on any atom is 0.233 e. The lowest BCUT2D eigenvalue weighted by molar-refractivity contribution is 0.192. The van der Waals surface area contributed by atoms with Crippen LogP contribution in [-0.4, -0.2) is 50.6 Å². The van der Waals surface area contributed by atoms with Crippen molar-refractivity contribution in [2.45, 2.75) is 6.54 Å². The molecule has 6 nitrogen and oxygen atoms in total. The number of aliphatic hydroxyl groups excluding tert-OH is 1. The van der Waals surface area contributed by atoms with Crippen LogP contribution < -0.4 is 5.73 Å². The first-order valence-electron chi connectivity index (χ1n) is 5.65. The summed E-state index contributed by atoms with van der Waals surface area (Å²) in [4.78, 5) is 10.6. The topological polar surface area (TPSA) is 79.7 Å². The second kappa shape index (κ2) is 5.72. The molecule has 3 N–H and O–H groups in total. The minimum absolute atomic E-state index is 0.131. The van der Waals surface area contributed by atoms with Gasteiger partial charge in [-0.2, -0.15) is 0 Å². The smallest absolute Gasteiger partial charge is 0.233 e. The van der Waals surface area contributed by atoms with Gasteiger partial charge in [-0.1, -0.05) is 0 Å². The molecule has 0 saturated heterocycles. The highest BCUT2D eigenvalue weighted by molar-refractivity contribution is 5.29. The van der Waals surface area contributed by atoms with Gasteiger partial charge in [0.25, 0.3) is 0 Å². The fourth-order valence-corrected chi connectivity index (χ4v) is 1.78. The third kappa shape index (κ3) is 3.00. The van der Waals surface area contributed by atoms with Crippen molar-refractivity contribution in [2.75, 3.05) is 26.2 Å². The van der Waals surface area contributed by atoms with Crippen molar-refractivity contribution in [3.8, 4) is 0 Å². The second-order valence-electron chi connectivity index (χ2n) is 3.85. The van der Waals surface area contributed by atoms with E-state index >= 15 is 0 Å². The average molecular weight is 235 g/mol. The lowest BCUT2D eigenvalue weighted by Gasteiger charge is -2.18. The Bertz CT molecular complexity index is 431. The molecule has 2 rings (SSSR count). The van der Waals surface area contributed by atoms with Crippen LogP contribution >= 0.6 is 0 Å². The number of nitrogens with zero attached hydrogens (tertiary/aromatic N) is 4. The normalized spacial score (nSPS) is 11.5.